The molecule has 4 rings (SSSR count). The van der Waals surface area contributed by atoms with Gasteiger partial charge in [-0.05, 0) is 49.3 Å². The summed E-state index contributed by atoms with van der Waals surface area (Å²) in [5.74, 6) is 0.142. The van der Waals surface area contributed by atoms with Gasteiger partial charge in [0.15, 0.2) is 0 Å². The number of carbonyl (C=O) groups is 2. The third kappa shape index (κ3) is 2.84. The molecule has 1 aromatic heterocycles. The average Bonchev–Trinajstić information content (AvgIpc) is 3.22. The second kappa shape index (κ2) is 6.40. The lowest BCUT2D eigenvalue weighted by Gasteiger charge is -2.39. The van der Waals surface area contributed by atoms with Crippen molar-refractivity contribution < 1.29 is 9.59 Å². The fraction of sp³-hybridized carbons (Fsp3) is 0.368. The summed E-state index contributed by atoms with van der Waals surface area (Å²) in [4.78, 5) is 28.0. The van der Waals surface area contributed by atoms with Gasteiger partial charge < -0.3 is 10.2 Å². The van der Waals surface area contributed by atoms with E-state index in [9.17, 15) is 9.59 Å². The van der Waals surface area contributed by atoms with Crippen molar-refractivity contribution in [3.05, 3.63) is 58.3 Å². The van der Waals surface area contributed by atoms with Crippen LogP contribution >= 0.6 is 11.3 Å². The Labute approximate surface area is 145 Å². The molecule has 2 amide bonds. The van der Waals surface area contributed by atoms with Gasteiger partial charge in [0.2, 0.25) is 0 Å². The van der Waals surface area contributed by atoms with E-state index in [1.165, 1.54) is 11.3 Å². The molecule has 0 spiro atoms. The van der Waals surface area contributed by atoms with Crippen molar-refractivity contribution in [2.45, 2.75) is 43.8 Å². The molecule has 2 aromatic rings. The first kappa shape index (κ1) is 15.4. The first-order valence-corrected chi connectivity index (χ1v) is 9.32. The summed E-state index contributed by atoms with van der Waals surface area (Å²) < 4.78 is 0. The molecule has 2 bridgehead atoms. The summed E-state index contributed by atoms with van der Waals surface area (Å²) in [6.07, 6.45) is 3.79. The number of carbonyl (C=O) groups excluding carboxylic acids is 2. The molecule has 2 saturated heterocycles. The number of nitrogens with one attached hydrogen (secondary N) is 1. The maximum absolute atomic E-state index is 12.7. The molecule has 24 heavy (non-hydrogen) atoms. The van der Waals surface area contributed by atoms with Crippen LogP contribution < -0.4 is 5.32 Å². The molecule has 3 heterocycles. The van der Waals surface area contributed by atoms with Gasteiger partial charge in [0.05, 0.1) is 4.88 Å². The van der Waals surface area contributed by atoms with E-state index in [1.54, 1.807) is 0 Å². The minimum Gasteiger partial charge on any atom is -0.349 e. The van der Waals surface area contributed by atoms with E-state index < -0.39 is 0 Å². The van der Waals surface area contributed by atoms with E-state index in [0.717, 1.165) is 30.6 Å². The van der Waals surface area contributed by atoms with E-state index in [0.29, 0.717) is 5.56 Å². The summed E-state index contributed by atoms with van der Waals surface area (Å²) in [6, 6.07) is 13.8. The second-order valence-electron chi connectivity index (χ2n) is 6.58. The maximum Gasteiger partial charge on any atom is 0.264 e. The molecule has 0 radical (unpaired) electrons. The Balaban J connectivity index is 1.43. The largest absolute Gasteiger partial charge is 0.349 e. The van der Waals surface area contributed by atoms with Crippen LogP contribution in [0.1, 0.15) is 45.7 Å². The van der Waals surface area contributed by atoms with Gasteiger partial charge >= 0.3 is 0 Å². The fourth-order valence-electron chi connectivity index (χ4n) is 4.01. The molecule has 2 fully saturated rings. The number of benzene rings is 1. The Morgan fingerprint density at radius 1 is 1.00 bits per heavy atom. The minimum atomic E-state index is -0.0157. The zero-order valence-corrected chi connectivity index (χ0v) is 14.2. The number of fused-ring (bicyclic) bond motifs is 2. The van der Waals surface area contributed by atoms with Crippen molar-refractivity contribution in [2.75, 3.05) is 0 Å². The number of rotatable bonds is 3. The first-order valence-electron chi connectivity index (χ1n) is 8.44. The van der Waals surface area contributed by atoms with Crippen molar-refractivity contribution >= 4 is 23.2 Å². The Morgan fingerprint density at radius 2 is 1.71 bits per heavy atom. The molecule has 0 aliphatic carbocycles. The predicted molar refractivity (Wildman–Crippen MR) is 94.2 cm³/mol. The number of hydrogen-bond donors (Lipinski definition) is 1. The molecule has 4 nitrogen and oxygen atoms in total. The van der Waals surface area contributed by atoms with Gasteiger partial charge in [0.25, 0.3) is 11.8 Å². The summed E-state index contributed by atoms with van der Waals surface area (Å²) in [7, 11) is 0. The topological polar surface area (TPSA) is 49.4 Å². The van der Waals surface area contributed by atoms with Gasteiger partial charge in [-0.3, -0.25) is 9.59 Å². The van der Waals surface area contributed by atoms with Crippen LogP contribution in [0.5, 0.6) is 0 Å². The van der Waals surface area contributed by atoms with Crippen LogP contribution in [0.25, 0.3) is 0 Å². The summed E-state index contributed by atoms with van der Waals surface area (Å²) >= 11 is 1.50. The molecular weight excluding hydrogens is 320 g/mol. The Morgan fingerprint density at radius 3 is 2.33 bits per heavy atom. The first-order chi connectivity index (χ1) is 11.7. The highest BCUT2D eigenvalue weighted by atomic mass is 32.1. The molecule has 2 aliphatic heterocycles. The molecule has 3 atom stereocenters. The van der Waals surface area contributed by atoms with E-state index in [1.807, 2.05) is 47.8 Å². The quantitative estimate of drug-likeness (QED) is 0.932. The molecule has 2 aliphatic rings. The lowest BCUT2D eigenvalue weighted by atomic mass is 9.96. The normalized spacial score (nSPS) is 25.5. The van der Waals surface area contributed by atoms with E-state index >= 15 is 0 Å². The highest BCUT2D eigenvalue weighted by Gasteiger charge is 2.43. The third-order valence-electron chi connectivity index (χ3n) is 5.07. The fourth-order valence-corrected chi connectivity index (χ4v) is 4.68. The second-order valence-corrected chi connectivity index (χ2v) is 7.53. The lowest BCUT2D eigenvalue weighted by molar-refractivity contribution is 0.0554. The Hall–Kier alpha value is -2.14. The van der Waals surface area contributed by atoms with Crippen LogP contribution in [-0.2, 0) is 0 Å². The number of thiophene rings is 1. The van der Waals surface area contributed by atoms with Crippen LogP contribution in [0.3, 0.4) is 0 Å². The van der Waals surface area contributed by atoms with Crippen molar-refractivity contribution in [3.63, 3.8) is 0 Å². The van der Waals surface area contributed by atoms with Crippen molar-refractivity contribution in [1.29, 1.82) is 0 Å². The van der Waals surface area contributed by atoms with Gasteiger partial charge in [-0.2, -0.15) is 0 Å². The van der Waals surface area contributed by atoms with Gasteiger partial charge in [-0.1, -0.05) is 24.3 Å². The van der Waals surface area contributed by atoms with Gasteiger partial charge in [0.1, 0.15) is 0 Å². The molecular formula is C19H20N2O2S. The third-order valence-corrected chi connectivity index (χ3v) is 5.93. The molecule has 124 valence electrons. The van der Waals surface area contributed by atoms with Crippen molar-refractivity contribution in [1.82, 2.24) is 10.2 Å². The molecule has 0 saturated carbocycles. The van der Waals surface area contributed by atoms with Crippen LogP contribution in [0.2, 0.25) is 0 Å². The maximum atomic E-state index is 12.7. The highest BCUT2D eigenvalue weighted by Crippen LogP contribution is 2.37. The van der Waals surface area contributed by atoms with E-state index in [4.69, 9.17) is 0 Å². The monoisotopic (exact) mass is 340 g/mol. The number of hydrogen-bond acceptors (Lipinski definition) is 3. The summed E-state index contributed by atoms with van der Waals surface area (Å²) in [5, 5.41) is 5.10. The Bertz CT molecular complexity index is 715. The number of nitrogens with zero attached hydrogens (tertiary/aromatic N) is 1. The van der Waals surface area contributed by atoms with Crippen LogP contribution in [0.15, 0.2) is 47.8 Å². The molecule has 1 unspecified atom stereocenters. The highest BCUT2D eigenvalue weighted by molar-refractivity contribution is 7.12. The molecule has 5 heteroatoms. The standard InChI is InChI=1S/C19H20N2O2S/c22-18(13-5-2-1-3-6-13)20-14-11-15-8-9-16(12-14)21(15)19(23)17-7-4-10-24-17/h1-7,10,14-16H,8-9,11-12H2,(H,20,22)/t14?,15-,16+. The number of amides is 2. The van der Waals surface area contributed by atoms with Gasteiger partial charge in [-0.25, -0.2) is 0 Å². The van der Waals surface area contributed by atoms with Gasteiger partial charge in [-0.15, -0.1) is 11.3 Å². The Kier molecular flexibility index (Phi) is 4.10. The van der Waals surface area contributed by atoms with Crippen molar-refractivity contribution in [3.8, 4) is 0 Å². The lowest BCUT2D eigenvalue weighted by Crippen LogP contribution is -2.52. The zero-order chi connectivity index (χ0) is 16.5. The summed E-state index contributed by atoms with van der Waals surface area (Å²) in [6.45, 7) is 0. The van der Waals surface area contributed by atoms with Gasteiger partial charge in [0, 0.05) is 23.7 Å². The smallest absolute Gasteiger partial charge is 0.264 e. The number of piperidine rings is 1. The minimum absolute atomic E-state index is 0.0157. The van der Waals surface area contributed by atoms with Crippen molar-refractivity contribution in [2.24, 2.45) is 0 Å². The molecule has 1 aromatic carbocycles. The van der Waals surface area contributed by atoms with Crippen LogP contribution in [0, 0.1) is 0 Å². The van der Waals surface area contributed by atoms with Crippen LogP contribution in [-0.4, -0.2) is 34.8 Å². The predicted octanol–water partition coefficient (Wildman–Crippen LogP) is 3.31. The van der Waals surface area contributed by atoms with E-state index in [-0.39, 0.29) is 29.9 Å². The SMILES string of the molecule is O=C(NC1C[C@H]2CC[C@@H](C1)N2C(=O)c1cccs1)c1ccccc1. The average molecular weight is 340 g/mol. The van der Waals surface area contributed by atoms with Crippen LogP contribution in [0.4, 0.5) is 0 Å². The summed E-state index contributed by atoms with van der Waals surface area (Å²) in [5.41, 5.74) is 0.696. The van der Waals surface area contributed by atoms with E-state index in [2.05, 4.69) is 10.2 Å². The zero-order valence-electron chi connectivity index (χ0n) is 13.4. The molecule has 1 N–H and O–H groups in total.